The molecule has 3 rings (SSSR count). The largest absolute Gasteiger partial charge is 0.355 e. The molecule has 1 aliphatic carbocycles. The Bertz CT molecular complexity index is 647. The summed E-state index contributed by atoms with van der Waals surface area (Å²) in [6, 6.07) is 6.35. The highest BCUT2D eigenvalue weighted by Gasteiger charge is 2.46. The zero-order valence-electron chi connectivity index (χ0n) is 15.6. The Labute approximate surface area is 166 Å². The quantitative estimate of drug-likeness (QED) is 0.800. The number of carbonyl (C=O) groups is 2. The van der Waals surface area contributed by atoms with Crippen LogP contribution in [0.5, 0.6) is 0 Å². The van der Waals surface area contributed by atoms with Gasteiger partial charge in [-0.25, -0.2) is 4.39 Å². The van der Waals surface area contributed by atoms with Gasteiger partial charge in [-0.15, -0.1) is 12.4 Å². The summed E-state index contributed by atoms with van der Waals surface area (Å²) < 4.78 is 13.3. The van der Waals surface area contributed by atoms with E-state index in [9.17, 15) is 14.0 Å². The van der Waals surface area contributed by atoms with E-state index in [4.69, 9.17) is 5.73 Å². The molecule has 2 fully saturated rings. The van der Waals surface area contributed by atoms with Crippen molar-refractivity contribution in [3.63, 3.8) is 0 Å². The van der Waals surface area contributed by atoms with Gasteiger partial charge in [0.15, 0.2) is 0 Å². The van der Waals surface area contributed by atoms with Crippen molar-refractivity contribution in [2.75, 3.05) is 26.2 Å². The number of amides is 2. The lowest BCUT2D eigenvalue weighted by Crippen LogP contribution is -2.51. The predicted molar refractivity (Wildman–Crippen MR) is 105 cm³/mol. The number of piperidine rings is 1. The van der Waals surface area contributed by atoms with Crippen molar-refractivity contribution in [2.45, 2.75) is 43.9 Å². The molecule has 0 bridgehead atoms. The predicted octanol–water partition coefficient (Wildman–Crippen LogP) is 2.37. The van der Waals surface area contributed by atoms with E-state index in [1.165, 1.54) is 12.1 Å². The van der Waals surface area contributed by atoms with Gasteiger partial charge in [0, 0.05) is 26.2 Å². The molecule has 1 saturated heterocycles. The molecular weight excluding hydrogens is 369 g/mol. The second-order valence-corrected chi connectivity index (χ2v) is 7.47. The number of likely N-dealkylation sites (tertiary alicyclic amines) is 1. The highest BCUT2D eigenvalue weighted by atomic mass is 35.5. The van der Waals surface area contributed by atoms with Crippen LogP contribution < -0.4 is 11.1 Å². The van der Waals surface area contributed by atoms with Gasteiger partial charge < -0.3 is 16.0 Å². The standard InChI is InChI=1S/C20H28FN3O2.ClH/c21-17-7-5-16(6-8-17)20(9-1-2-10-20)19(26)24-13-3-4-15(14-24)18(25)23-12-11-22;/h5-8,15H,1-4,9-14,22H2,(H,23,25);1H. The molecule has 7 heteroatoms. The average molecular weight is 398 g/mol. The summed E-state index contributed by atoms with van der Waals surface area (Å²) in [7, 11) is 0. The Morgan fingerprint density at radius 3 is 2.48 bits per heavy atom. The van der Waals surface area contributed by atoms with Crippen LogP contribution in [-0.2, 0) is 15.0 Å². The maximum Gasteiger partial charge on any atom is 0.233 e. The van der Waals surface area contributed by atoms with E-state index in [1.807, 2.05) is 4.90 Å². The first kappa shape index (κ1) is 21.6. The molecule has 1 aliphatic heterocycles. The van der Waals surface area contributed by atoms with E-state index in [1.54, 1.807) is 12.1 Å². The van der Waals surface area contributed by atoms with E-state index >= 15 is 0 Å². The second kappa shape index (κ2) is 9.51. The van der Waals surface area contributed by atoms with Gasteiger partial charge >= 0.3 is 0 Å². The number of hydrogen-bond donors (Lipinski definition) is 2. The van der Waals surface area contributed by atoms with Crippen LogP contribution in [0.15, 0.2) is 24.3 Å². The summed E-state index contributed by atoms with van der Waals surface area (Å²) in [6.07, 6.45) is 5.19. The molecule has 150 valence electrons. The lowest BCUT2D eigenvalue weighted by molar-refractivity contribution is -0.141. The molecule has 1 aromatic carbocycles. The number of halogens is 2. The molecule has 0 spiro atoms. The zero-order valence-corrected chi connectivity index (χ0v) is 16.4. The van der Waals surface area contributed by atoms with Crippen LogP contribution in [0.4, 0.5) is 4.39 Å². The van der Waals surface area contributed by atoms with Crippen molar-refractivity contribution in [1.82, 2.24) is 10.2 Å². The first-order valence-corrected chi connectivity index (χ1v) is 9.60. The summed E-state index contributed by atoms with van der Waals surface area (Å²) in [5.41, 5.74) is 5.78. The van der Waals surface area contributed by atoms with Crippen molar-refractivity contribution >= 4 is 24.2 Å². The number of hydrogen-bond acceptors (Lipinski definition) is 3. The van der Waals surface area contributed by atoms with Crippen LogP contribution in [0, 0.1) is 11.7 Å². The molecule has 0 radical (unpaired) electrons. The highest BCUT2D eigenvalue weighted by molar-refractivity contribution is 5.89. The summed E-state index contributed by atoms with van der Waals surface area (Å²) in [6.45, 7) is 2.01. The van der Waals surface area contributed by atoms with Crippen LogP contribution in [0.1, 0.15) is 44.1 Å². The molecule has 3 N–H and O–H groups in total. The third-order valence-corrected chi connectivity index (χ3v) is 5.79. The number of rotatable bonds is 5. The SMILES string of the molecule is Cl.NCCNC(=O)C1CCCN(C(=O)C2(c3ccc(F)cc3)CCCC2)C1. The van der Waals surface area contributed by atoms with Gasteiger partial charge in [-0.05, 0) is 43.4 Å². The molecule has 27 heavy (non-hydrogen) atoms. The number of carbonyl (C=O) groups excluding carboxylic acids is 2. The van der Waals surface area contributed by atoms with Gasteiger partial charge in [0.2, 0.25) is 11.8 Å². The van der Waals surface area contributed by atoms with Crippen LogP contribution in [0.3, 0.4) is 0 Å². The van der Waals surface area contributed by atoms with Gasteiger partial charge in [0.1, 0.15) is 5.82 Å². The summed E-state index contributed by atoms with van der Waals surface area (Å²) in [5.74, 6) is -0.386. The molecule has 1 aromatic rings. The molecular formula is C20H29ClFN3O2. The second-order valence-electron chi connectivity index (χ2n) is 7.47. The van der Waals surface area contributed by atoms with E-state index < -0.39 is 5.41 Å². The van der Waals surface area contributed by atoms with Crippen LogP contribution in [-0.4, -0.2) is 42.9 Å². The number of nitrogens with zero attached hydrogens (tertiary/aromatic N) is 1. The average Bonchev–Trinajstić information content (AvgIpc) is 3.17. The molecule has 1 saturated carbocycles. The zero-order chi connectivity index (χ0) is 18.6. The van der Waals surface area contributed by atoms with Crippen molar-refractivity contribution in [2.24, 2.45) is 11.7 Å². The van der Waals surface area contributed by atoms with E-state index in [-0.39, 0.29) is 36.0 Å². The molecule has 1 atom stereocenters. The molecule has 1 unspecified atom stereocenters. The van der Waals surface area contributed by atoms with E-state index in [2.05, 4.69) is 5.32 Å². The molecule has 5 nitrogen and oxygen atoms in total. The Hall–Kier alpha value is -1.66. The summed E-state index contributed by atoms with van der Waals surface area (Å²) in [4.78, 5) is 27.6. The first-order valence-electron chi connectivity index (χ1n) is 9.60. The third-order valence-electron chi connectivity index (χ3n) is 5.79. The fraction of sp³-hybridized carbons (Fsp3) is 0.600. The van der Waals surface area contributed by atoms with E-state index in [0.29, 0.717) is 26.2 Å². The lowest BCUT2D eigenvalue weighted by Gasteiger charge is -2.39. The van der Waals surface area contributed by atoms with Crippen LogP contribution >= 0.6 is 12.4 Å². The third kappa shape index (κ3) is 4.61. The Kier molecular flexibility index (Phi) is 7.62. The monoisotopic (exact) mass is 397 g/mol. The van der Waals surface area contributed by atoms with Crippen molar-refractivity contribution in [3.8, 4) is 0 Å². The highest BCUT2D eigenvalue weighted by Crippen LogP contribution is 2.43. The maximum atomic E-state index is 13.5. The minimum Gasteiger partial charge on any atom is -0.355 e. The fourth-order valence-corrected chi connectivity index (χ4v) is 4.39. The van der Waals surface area contributed by atoms with E-state index in [0.717, 1.165) is 44.1 Å². The topological polar surface area (TPSA) is 75.4 Å². The molecule has 1 heterocycles. The van der Waals surface area contributed by atoms with Gasteiger partial charge in [0.25, 0.3) is 0 Å². The number of nitrogens with two attached hydrogens (primary N) is 1. The van der Waals surface area contributed by atoms with Crippen molar-refractivity contribution < 1.29 is 14.0 Å². The molecule has 0 aromatic heterocycles. The summed E-state index contributed by atoms with van der Waals surface area (Å²) >= 11 is 0. The fourth-order valence-electron chi connectivity index (χ4n) is 4.39. The van der Waals surface area contributed by atoms with Crippen LogP contribution in [0.2, 0.25) is 0 Å². The van der Waals surface area contributed by atoms with Crippen LogP contribution in [0.25, 0.3) is 0 Å². The normalized spacial score (nSPS) is 21.4. The Morgan fingerprint density at radius 2 is 1.85 bits per heavy atom. The van der Waals surface area contributed by atoms with Gasteiger partial charge in [-0.2, -0.15) is 0 Å². The Morgan fingerprint density at radius 1 is 1.19 bits per heavy atom. The molecule has 2 aliphatic rings. The Balaban J connectivity index is 0.00000261. The van der Waals surface area contributed by atoms with Crippen molar-refractivity contribution in [3.05, 3.63) is 35.6 Å². The van der Waals surface area contributed by atoms with Gasteiger partial charge in [-0.1, -0.05) is 25.0 Å². The van der Waals surface area contributed by atoms with Crippen molar-refractivity contribution in [1.29, 1.82) is 0 Å². The lowest BCUT2D eigenvalue weighted by atomic mass is 9.77. The first-order chi connectivity index (χ1) is 12.6. The smallest absolute Gasteiger partial charge is 0.233 e. The minimum absolute atomic E-state index is 0. The van der Waals surface area contributed by atoms with Gasteiger partial charge in [0.05, 0.1) is 11.3 Å². The molecule has 2 amide bonds. The summed E-state index contributed by atoms with van der Waals surface area (Å²) in [5, 5.41) is 2.83. The number of nitrogens with one attached hydrogen (secondary N) is 1. The van der Waals surface area contributed by atoms with Gasteiger partial charge in [-0.3, -0.25) is 9.59 Å². The number of benzene rings is 1. The maximum absolute atomic E-state index is 13.5. The minimum atomic E-state index is -0.566.